The molecule has 7 nitrogen and oxygen atoms in total. The van der Waals surface area contributed by atoms with E-state index in [1.807, 2.05) is 0 Å². The highest BCUT2D eigenvalue weighted by molar-refractivity contribution is 6.30. The van der Waals surface area contributed by atoms with Gasteiger partial charge in [0.1, 0.15) is 22.6 Å². The molecular formula is C20H15ClO7. The van der Waals surface area contributed by atoms with Gasteiger partial charge in [0.05, 0.1) is 6.61 Å². The highest BCUT2D eigenvalue weighted by Gasteiger charge is 2.15. The van der Waals surface area contributed by atoms with E-state index in [1.165, 1.54) is 18.2 Å². The summed E-state index contributed by atoms with van der Waals surface area (Å²) in [7, 11) is 0. The Morgan fingerprint density at radius 3 is 2.64 bits per heavy atom. The molecule has 0 fully saturated rings. The third-order valence-electron chi connectivity index (χ3n) is 3.59. The van der Waals surface area contributed by atoms with Crippen LogP contribution in [0.1, 0.15) is 17.3 Å². The lowest BCUT2D eigenvalue weighted by Crippen LogP contribution is -2.18. The molecule has 0 bridgehead atoms. The standard InChI is InChI=1S/C20H15ClO7/c1-2-25-19(23)16-8-12-6-7-15(10-17(12)28-20(16)24)27-18(22)11-26-14-5-3-4-13(21)9-14/h3-10H,2,11H2,1H3. The van der Waals surface area contributed by atoms with Crippen molar-refractivity contribution in [3.05, 3.63) is 69.5 Å². The van der Waals surface area contributed by atoms with Crippen LogP contribution in [-0.2, 0) is 9.53 Å². The van der Waals surface area contributed by atoms with Gasteiger partial charge in [-0.2, -0.15) is 0 Å². The Morgan fingerprint density at radius 1 is 1.07 bits per heavy atom. The number of fused-ring (bicyclic) bond motifs is 1. The number of benzene rings is 2. The van der Waals surface area contributed by atoms with E-state index >= 15 is 0 Å². The Labute approximate surface area is 164 Å². The number of rotatable bonds is 6. The normalized spacial score (nSPS) is 10.5. The van der Waals surface area contributed by atoms with Gasteiger partial charge in [-0.05, 0) is 43.3 Å². The molecule has 2 aromatic carbocycles. The zero-order valence-corrected chi connectivity index (χ0v) is 15.5. The van der Waals surface area contributed by atoms with Gasteiger partial charge >= 0.3 is 17.6 Å². The van der Waals surface area contributed by atoms with E-state index in [1.54, 1.807) is 37.3 Å². The summed E-state index contributed by atoms with van der Waals surface area (Å²) in [6, 6.07) is 12.4. The molecule has 144 valence electrons. The quantitative estimate of drug-likeness (QED) is 0.353. The van der Waals surface area contributed by atoms with Crippen molar-refractivity contribution in [2.24, 2.45) is 0 Å². The summed E-state index contributed by atoms with van der Waals surface area (Å²) < 4.78 is 20.4. The van der Waals surface area contributed by atoms with Gasteiger partial charge in [-0.1, -0.05) is 17.7 Å². The van der Waals surface area contributed by atoms with Gasteiger partial charge in [0.15, 0.2) is 6.61 Å². The predicted molar refractivity (Wildman–Crippen MR) is 101 cm³/mol. The molecule has 1 aromatic heterocycles. The van der Waals surface area contributed by atoms with Gasteiger partial charge in [-0.15, -0.1) is 0 Å². The Balaban J connectivity index is 1.71. The molecule has 0 saturated heterocycles. The van der Waals surface area contributed by atoms with Crippen molar-refractivity contribution < 1.29 is 28.2 Å². The van der Waals surface area contributed by atoms with Crippen LogP contribution in [0, 0.1) is 0 Å². The van der Waals surface area contributed by atoms with E-state index in [0.717, 1.165) is 0 Å². The zero-order valence-electron chi connectivity index (χ0n) is 14.8. The minimum absolute atomic E-state index is 0.141. The lowest BCUT2D eigenvalue weighted by Gasteiger charge is -2.08. The molecule has 0 amide bonds. The summed E-state index contributed by atoms with van der Waals surface area (Å²) in [5.74, 6) is -0.809. The van der Waals surface area contributed by atoms with E-state index in [9.17, 15) is 14.4 Å². The van der Waals surface area contributed by atoms with Gasteiger partial charge in [-0.3, -0.25) is 0 Å². The van der Waals surface area contributed by atoms with Crippen molar-refractivity contribution in [2.75, 3.05) is 13.2 Å². The highest BCUT2D eigenvalue weighted by Crippen LogP contribution is 2.21. The lowest BCUT2D eigenvalue weighted by molar-refractivity contribution is -0.136. The van der Waals surface area contributed by atoms with Gasteiger partial charge in [0.2, 0.25) is 0 Å². The lowest BCUT2D eigenvalue weighted by atomic mass is 10.2. The Hall–Kier alpha value is -3.32. The maximum atomic E-state index is 12.0. The number of hydrogen-bond donors (Lipinski definition) is 0. The molecule has 1 heterocycles. The summed E-state index contributed by atoms with van der Waals surface area (Å²) in [5.41, 5.74) is -0.869. The minimum Gasteiger partial charge on any atom is -0.482 e. The molecule has 8 heteroatoms. The fourth-order valence-corrected chi connectivity index (χ4v) is 2.55. The first-order valence-electron chi connectivity index (χ1n) is 8.30. The van der Waals surface area contributed by atoms with E-state index in [2.05, 4.69) is 0 Å². The molecule has 0 aliphatic carbocycles. The topological polar surface area (TPSA) is 92.0 Å². The van der Waals surface area contributed by atoms with Crippen LogP contribution >= 0.6 is 11.6 Å². The van der Waals surface area contributed by atoms with Crippen LogP contribution in [0.15, 0.2) is 57.7 Å². The summed E-state index contributed by atoms with van der Waals surface area (Å²) in [6.07, 6.45) is 0. The van der Waals surface area contributed by atoms with Crippen molar-refractivity contribution in [3.8, 4) is 11.5 Å². The summed E-state index contributed by atoms with van der Waals surface area (Å²) in [4.78, 5) is 35.7. The molecule has 0 saturated carbocycles. The molecule has 0 N–H and O–H groups in total. The van der Waals surface area contributed by atoms with Crippen molar-refractivity contribution in [3.63, 3.8) is 0 Å². The van der Waals surface area contributed by atoms with E-state index in [0.29, 0.717) is 16.2 Å². The summed E-state index contributed by atoms with van der Waals surface area (Å²) >= 11 is 5.85. The fourth-order valence-electron chi connectivity index (χ4n) is 2.37. The van der Waals surface area contributed by atoms with Gasteiger partial charge in [0, 0.05) is 16.5 Å². The van der Waals surface area contributed by atoms with Crippen LogP contribution in [0.5, 0.6) is 11.5 Å². The van der Waals surface area contributed by atoms with Crippen LogP contribution in [0.4, 0.5) is 0 Å². The number of ether oxygens (including phenoxy) is 3. The first kappa shape index (κ1) is 19.4. The third kappa shape index (κ3) is 4.69. The van der Waals surface area contributed by atoms with Crippen molar-refractivity contribution in [1.82, 2.24) is 0 Å². The van der Waals surface area contributed by atoms with Crippen LogP contribution < -0.4 is 15.1 Å². The first-order valence-corrected chi connectivity index (χ1v) is 8.68. The first-order chi connectivity index (χ1) is 13.5. The molecule has 0 radical (unpaired) electrons. The largest absolute Gasteiger partial charge is 0.482 e. The van der Waals surface area contributed by atoms with Crippen molar-refractivity contribution in [2.45, 2.75) is 6.92 Å². The van der Waals surface area contributed by atoms with E-state index in [4.69, 9.17) is 30.2 Å². The maximum absolute atomic E-state index is 12.0. The molecular weight excluding hydrogens is 388 g/mol. The Morgan fingerprint density at radius 2 is 1.89 bits per heavy atom. The Bertz CT molecular complexity index is 1090. The van der Waals surface area contributed by atoms with Crippen LogP contribution in [0.25, 0.3) is 11.0 Å². The number of carbonyl (C=O) groups is 2. The zero-order chi connectivity index (χ0) is 20.1. The second-order valence-corrected chi connectivity index (χ2v) is 6.02. The maximum Gasteiger partial charge on any atom is 0.351 e. The number of esters is 2. The summed E-state index contributed by atoms with van der Waals surface area (Å²) in [6.45, 7) is 1.45. The number of halogens is 1. The molecule has 0 aliphatic rings. The van der Waals surface area contributed by atoms with E-state index < -0.39 is 17.6 Å². The molecule has 28 heavy (non-hydrogen) atoms. The second-order valence-electron chi connectivity index (χ2n) is 5.59. The molecule has 3 aromatic rings. The smallest absolute Gasteiger partial charge is 0.351 e. The fraction of sp³-hybridized carbons (Fsp3) is 0.150. The SMILES string of the molecule is CCOC(=O)c1cc2ccc(OC(=O)COc3cccc(Cl)c3)cc2oc1=O. The van der Waals surface area contributed by atoms with Gasteiger partial charge in [-0.25, -0.2) is 14.4 Å². The van der Waals surface area contributed by atoms with Crippen LogP contribution in [-0.4, -0.2) is 25.2 Å². The monoisotopic (exact) mass is 402 g/mol. The molecule has 0 unspecified atom stereocenters. The molecule has 0 aliphatic heterocycles. The number of hydrogen-bond acceptors (Lipinski definition) is 7. The molecule has 0 spiro atoms. The van der Waals surface area contributed by atoms with Crippen molar-refractivity contribution >= 4 is 34.5 Å². The van der Waals surface area contributed by atoms with Crippen molar-refractivity contribution in [1.29, 1.82) is 0 Å². The van der Waals surface area contributed by atoms with Crippen LogP contribution in [0.3, 0.4) is 0 Å². The average molecular weight is 403 g/mol. The third-order valence-corrected chi connectivity index (χ3v) is 3.82. The van der Waals surface area contributed by atoms with Crippen LogP contribution in [0.2, 0.25) is 5.02 Å². The minimum atomic E-state index is -0.835. The second kappa shape index (κ2) is 8.58. The predicted octanol–water partition coefficient (Wildman–Crippen LogP) is 3.61. The Kier molecular flexibility index (Phi) is 5.96. The van der Waals surface area contributed by atoms with E-state index in [-0.39, 0.29) is 30.1 Å². The number of carbonyl (C=O) groups excluding carboxylic acids is 2. The molecule has 0 atom stereocenters. The van der Waals surface area contributed by atoms with Gasteiger partial charge in [0.25, 0.3) is 0 Å². The van der Waals surface area contributed by atoms with Gasteiger partial charge < -0.3 is 18.6 Å². The summed E-state index contributed by atoms with van der Waals surface area (Å²) in [5, 5.41) is 0.968. The average Bonchev–Trinajstić information content (AvgIpc) is 2.66. The molecule has 3 rings (SSSR count). The highest BCUT2D eigenvalue weighted by atomic mass is 35.5.